The van der Waals surface area contributed by atoms with Gasteiger partial charge in [0.05, 0.1) is 24.3 Å². The SMILES string of the molecule is CC(C)(CCOCCO)C[C@@H]1N2[C@@H](C(=O)OC2(C)C)[C@H](c2cccc(Cl)c2F)[C@@]1(C#N)c1ccc(Cl)cc1F. The number of esters is 1. The van der Waals surface area contributed by atoms with Crippen LogP contribution in [-0.4, -0.2) is 53.6 Å². The number of fused-ring (bicyclic) bond motifs is 1. The maximum Gasteiger partial charge on any atom is 0.325 e. The summed E-state index contributed by atoms with van der Waals surface area (Å²) in [4.78, 5) is 15.3. The van der Waals surface area contributed by atoms with E-state index in [9.17, 15) is 10.1 Å². The Morgan fingerprint density at radius 2 is 1.92 bits per heavy atom. The third-order valence-electron chi connectivity index (χ3n) is 7.96. The Labute approximate surface area is 237 Å². The minimum absolute atomic E-state index is 0.0223. The molecule has 0 aromatic heterocycles. The molecule has 2 saturated heterocycles. The summed E-state index contributed by atoms with van der Waals surface area (Å²) in [5.41, 5.74) is -3.29. The molecular weight excluding hydrogens is 549 g/mol. The normalized spacial score (nSPS) is 26.4. The van der Waals surface area contributed by atoms with Crippen LogP contribution >= 0.6 is 23.2 Å². The smallest absolute Gasteiger partial charge is 0.325 e. The maximum atomic E-state index is 15.8. The topological polar surface area (TPSA) is 82.8 Å². The van der Waals surface area contributed by atoms with E-state index in [0.29, 0.717) is 19.4 Å². The summed E-state index contributed by atoms with van der Waals surface area (Å²) in [6.07, 6.45) is 0.873. The molecule has 210 valence electrons. The van der Waals surface area contributed by atoms with Crippen molar-refractivity contribution in [2.45, 2.75) is 69.7 Å². The quantitative estimate of drug-likeness (QED) is 0.290. The van der Waals surface area contributed by atoms with E-state index in [1.165, 1.54) is 24.3 Å². The fourth-order valence-corrected chi connectivity index (χ4v) is 6.64. The average Bonchev–Trinajstić information content (AvgIpc) is 3.27. The number of benzene rings is 2. The number of carbonyl (C=O) groups is 1. The van der Waals surface area contributed by atoms with E-state index >= 15 is 8.78 Å². The van der Waals surface area contributed by atoms with Gasteiger partial charge in [-0.05, 0) is 55.9 Å². The largest absolute Gasteiger partial charge is 0.443 e. The first-order valence-electron chi connectivity index (χ1n) is 12.8. The lowest BCUT2D eigenvalue weighted by Gasteiger charge is -2.43. The van der Waals surface area contributed by atoms with Crippen molar-refractivity contribution in [2.24, 2.45) is 5.41 Å². The lowest BCUT2D eigenvalue weighted by molar-refractivity contribution is -0.152. The van der Waals surface area contributed by atoms with Gasteiger partial charge in [-0.3, -0.25) is 4.79 Å². The maximum absolute atomic E-state index is 15.8. The number of hydrogen-bond donors (Lipinski definition) is 1. The summed E-state index contributed by atoms with van der Waals surface area (Å²) < 4.78 is 42.8. The molecule has 39 heavy (non-hydrogen) atoms. The highest BCUT2D eigenvalue weighted by atomic mass is 35.5. The molecule has 0 unspecified atom stereocenters. The molecule has 1 N–H and O–H groups in total. The van der Waals surface area contributed by atoms with Crippen molar-refractivity contribution in [3.63, 3.8) is 0 Å². The van der Waals surface area contributed by atoms with Crippen LogP contribution in [0.2, 0.25) is 10.0 Å². The van der Waals surface area contributed by atoms with Crippen molar-refractivity contribution >= 4 is 29.2 Å². The molecular formula is C29H32Cl2F2N2O4. The highest BCUT2D eigenvalue weighted by Crippen LogP contribution is 2.60. The van der Waals surface area contributed by atoms with Gasteiger partial charge < -0.3 is 14.6 Å². The molecule has 2 aromatic rings. The minimum Gasteiger partial charge on any atom is -0.443 e. The van der Waals surface area contributed by atoms with Crippen molar-refractivity contribution in [1.82, 2.24) is 4.90 Å². The number of aliphatic hydroxyl groups excluding tert-OH is 1. The molecule has 2 heterocycles. The first-order chi connectivity index (χ1) is 18.3. The molecule has 4 rings (SSSR count). The van der Waals surface area contributed by atoms with Gasteiger partial charge in [0.25, 0.3) is 0 Å². The van der Waals surface area contributed by atoms with Crippen molar-refractivity contribution in [3.8, 4) is 6.07 Å². The van der Waals surface area contributed by atoms with E-state index in [-0.39, 0.29) is 34.4 Å². The van der Waals surface area contributed by atoms with Gasteiger partial charge in [-0.1, -0.05) is 55.2 Å². The Morgan fingerprint density at radius 1 is 1.21 bits per heavy atom. The summed E-state index contributed by atoms with van der Waals surface area (Å²) in [5.74, 6) is -3.26. The number of halogens is 4. The number of nitrogens with zero attached hydrogens (tertiary/aromatic N) is 2. The number of hydrogen-bond acceptors (Lipinski definition) is 6. The molecule has 2 aliphatic heterocycles. The lowest BCUT2D eigenvalue weighted by atomic mass is 9.62. The fourth-order valence-electron chi connectivity index (χ4n) is 6.30. The van der Waals surface area contributed by atoms with Crippen LogP contribution in [0.25, 0.3) is 0 Å². The van der Waals surface area contributed by atoms with Gasteiger partial charge in [0, 0.05) is 29.2 Å². The van der Waals surface area contributed by atoms with Crippen molar-refractivity contribution in [1.29, 1.82) is 5.26 Å². The van der Waals surface area contributed by atoms with Gasteiger partial charge in [0.2, 0.25) is 0 Å². The van der Waals surface area contributed by atoms with Crippen molar-refractivity contribution < 1.29 is 28.2 Å². The van der Waals surface area contributed by atoms with Crippen LogP contribution in [-0.2, 0) is 19.7 Å². The van der Waals surface area contributed by atoms with E-state index in [1.807, 2.05) is 13.8 Å². The van der Waals surface area contributed by atoms with E-state index in [0.717, 1.165) is 6.07 Å². The molecule has 4 atom stereocenters. The number of carbonyl (C=O) groups excluding carboxylic acids is 1. The Bertz CT molecular complexity index is 1300. The van der Waals surface area contributed by atoms with E-state index < -0.39 is 52.2 Å². The van der Waals surface area contributed by atoms with Gasteiger partial charge in [0.15, 0.2) is 5.72 Å². The van der Waals surface area contributed by atoms with Gasteiger partial charge in [-0.15, -0.1) is 0 Å². The van der Waals surface area contributed by atoms with E-state index in [1.54, 1.807) is 24.8 Å². The third kappa shape index (κ3) is 5.16. The molecule has 0 spiro atoms. The third-order valence-corrected chi connectivity index (χ3v) is 8.49. The Kier molecular flexibility index (Phi) is 8.33. The molecule has 6 nitrogen and oxygen atoms in total. The van der Waals surface area contributed by atoms with Gasteiger partial charge >= 0.3 is 5.97 Å². The Balaban J connectivity index is 1.98. The number of aliphatic hydroxyl groups is 1. The molecule has 0 saturated carbocycles. The summed E-state index contributed by atoms with van der Waals surface area (Å²) in [6, 6.07) is 9.00. The summed E-state index contributed by atoms with van der Waals surface area (Å²) in [5, 5.41) is 20.1. The second kappa shape index (κ2) is 10.9. The lowest BCUT2D eigenvalue weighted by Crippen LogP contribution is -2.52. The highest BCUT2D eigenvalue weighted by Gasteiger charge is 2.71. The zero-order valence-electron chi connectivity index (χ0n) is 22.3. The van der Waals surface area contributed by atoms with E-state index in [2.05, 4.69) is 6.07 Å². The van der Waals surface area contributed by atoms with Crippen LogP contribution < -0.4 is 0 Å². The molecule has 2 aliphatic rings. The van der Waals surface area contributed by atoms with E-state index in [4.69, 9.17) is 37.8 Å². The van der Waals surface area contributed by atoms with Crippen molar-refractivity contribution in [2.75, 3.05) is 19.8 Å². The fraction of sp³-hybridized carbons (Fsp3) is 0.517. The first-order valence-corrected chi connectivity index (χ1v) is 13.6. The molecule has 0 radical (unpaired) electrons. The second-order valence-corrected chi connectivity index (χ2v) is 12.3. The summed E-state index contributed by atoms with van der Waals surface area (Å²) in [7, 11) is 0. The molecule has 0 aliphatic carbocycles. The van der Waals surface area contributed by atoms with Crippen LogP contribution in [0.15, 0.2) is 36.4 Å². The zero-order chi connectivity index (χ0) is 28.8. The van der Waals surface area contributed by atoms with Gasteiger partial charge in [0.1, 0.15) is 23.1 Å². The predicted molar refractivity (Wildman–Crippen MR) is 143 cm³/mol. The van der Waals surface area contributed by atoms with Crippen LogP contribution in [0.4, 0.5) is 8.78 Å². The monoisotopic (exact) mass is 580 g/mol. The average molecular weight is 581 g/mol. The molecule has 2 fully saturated rings. The summed E-state index contributed by atoms with van der Waals surface area (Å²) >= 11 is 12.3. The zero-order valence-corrected chi connectivity index (χ0v) is 23.8. The van der Waals surface area contributed by atoms with Crippen molar-refractivity contribution in [3.05, 3.63) is 69.2 Å². The van der Waals surface area contributed by atoms with Gasteiger partial charge in [-0.2, -0.15) is 5.26 Å². The van der Waals surface area contributed by atoms with Crippen LogP contribution in [0.5, 0.6) is 0 Å². The van der Waals surface area contributed by atoms with Crippen LogP contribution in [0, 0.1) is 28.4 Å². The number of cyclic esters (lactones) is 1. The molecule has 2 aromatic carbocycles. The second-order valence-electron chi connectivity index (χ2n) is 11.4. The molecule has 10 heteroatoms. The number of ether oxygens (including phenoxy) is 2. The molecule has 0 amide bonds. The number of nitriles is 1. The summed E-state index contributed by atoms with van der Waals surface area (Å²) in [6.45, 7) is 7.85. The number of rotatable bonds is 9. The predicted octanol–water partition coefficient (Wildman–Crippen LogP) is 5.98. The Morgan fingerprint density at radius 3 is 2.56 bits per heavy atom. The minimum atomic E-state index is -1.72. The highest BCUT2D eigenvalue weighted by molar-refractivity contribution is 6.31. The molecule has 0 bridgehead atoms. The first kappa shape index (κ1) is 29.7. The van der Waals surface area contributed by atoms with Crippen LogP contribution in [0.3, 0.4) is 0 Å². The Hall–Kier alpha value is -2.28. The van der Waals surface area contributed by atoms with Crippen LogP contribution in [0.1, 0.15) is 57.6 Å². The standard InChI is InChI=1S/C29H32Cl2F2N2O4/c1-27(2,10-12-38-13-11-36)15-22-29(16-34,19-9-8-17(30)14-21(19)32)23(18-6-5-7-20(31)24(18)33)25-26(37)39-28(3,4)35(22)25/h5-9,14,22-23,25,36H,10-13,15H2,1-4H3/t22-,23-,25+,29-/m0/s1. The van der Waals surface area contributed by atoms with Gasteiger partial charge in [-0.25, -0.2) is 13.7 Å².